The molecule has 0 aliphatic carbocycles. The van der Waals surface area contributed by atoms with Crippen molar-refractivity contribution in [1.82, 2.24) is 0 Å². The molecule has 21 heavy (non-hydrogen) atoms. The van der Waals surface area contributed by atoms with Gasteiger partial charge in [-0.2, -0.15) is 0 Å². The molecule has 112 valence electrons. The van der Waals surface area contributed by atoms with Crippen LogP contribution in [0.2, 0.25) is 0 Å². The summed E-state index contributed by atoms with van der Waals surface area (Å²) in [6, 6.07) is 10.7. The predicted molar refractivity (Wildman–Crippen MR) is 91.8 cm³/mol. The molecule has 2 aromatic rings. The van der Waals surface area contributed by atoms with Gasteiger partial charge >= 0.3 is 0 Å². The number of benzene rings is 2. The minimum atomic E-state index is 0.114. The van der Waals surface area contributed by atoms with Crippen LogP contribution in [0.1, 0.15) is 51.4 Å². The molecule has 1 unspecified atom stereocenters. The Morgan fingerprint density at radius 1 is 0.762 bits per heavy atom. The van der Waals surface area contributed by atoms with Crippen LogP contribution in [0.3, 0.4) is 0 Å². The molecule has 2 rings (SSSR count). The van der Waals surface area contributed by atoms with Crippen molar-refractivity contribution >= 4 is 0 Å². The summed E-state index contributed by atoms with van der Waals surface area (Å²) in [6.07, 6.45) is 2.03. The van der Waals surface area contributed by atoms with Crippen molar-refractivity contribution in [3.63, 3.8) is 0 Å². The van der Waals surface area contributed by atoms with Crippen molar-refractivity contribution in [3.05, 3.63) is 69.3 Å². The molecule has 0 bridgehead atoms. The second-order valence-corrected chi connectivity index (χ2v) is 6.17. The maximum absolute atomic E-state index is 6.53. The average Bonchev–Trinajstić information content (AvgIpc) is 2.50. The molecule has 0 saturated carbocycles. The summed E-state index contributed by atoms with van der Waals surface area (Å²) in [6.45, 7) is 11.1. The topological polar surface area (TPSA) is 26.0 Å². The minimum absolute atomic E-state index is 0.114. The fourth-order valence-corrected chi connectivity index (χ4v) is 3.20. The second kappa shape index (κ2) is 6.44. The standard InChI is InChI=1S/C20H27N/c1-13-14(2)16(4)20(17(5)15(13)3)19(21)12-11-18-9-7-6-8-10-18/h6-10,19H,11-12,21H2,1-5H3. The Morgan fingerprint density at radius 3 is 1.76 bits per heavy atom. The van der Waals surface area contributed by atoms with Gasteiger partial charge in [-0.25, -0.2) is 0 Å². The highest BCUT2D eigenvalue weighted by molar-refractivity contribution is 5.50. The summed E-state index contributed by atoms with van der Waals surface area (Å²) in [5, 5.41) is 0. The Morgan fingerprint density at radius 2 is 1.24 bits per heavy atom. The zero-order chi connectivity index (χ0) is 15.6. The van der Waals surface area contributed by atoms with Crippen molar-refractivity contribution in [3.8, 4) is 0 Å². The number of hydrogen-bond donors (Lipinski definition) is 1. The summed E-state index contributed by atoms with van der Waals surface area (Å²) >= 11 is 0. The summed E-state index contributed by atoms with van der Waals surface area (Å²) in [5.74, 6) is 0. The van der Waals surface area contributed by atoms with Crippen LogP contribution in [0, 0.1) is 34.6 Å². The maximum atomic E-state index is 6.53. The van der Waals surface area contributed by atoms with Crippen molar-refractivity contribution in [1.29, 1.82) is 0 Å². The summed E-state index contributed by atoms with van der Waals surface area (Å²) in [5.41, 5.74) is 16.2. The Labute approximate surface area is 129 Å². The number of hydrogen-bond acceptors (Lipinski definition) is 1. The lowest BCUT2D eigenvalue weighted by Crippen LogP contribution is -2.16. The highest BCUT2D eigenvalue weighted by atomic mass is 14.6. The Kier molecular flexibility index (Phi) is 4.84. The first-order chi connectivity index (χ1) is 9.93. The lowest BCUT2D eigenvalue weighted by Gasteiger charge is -2.23. The SMILES string of the molecule is Cc1c(C)c(C)c(C(N)CCc2ccccc2)c(C)c1C. The molecule has 1 atom stereocenters. The van der Waals surface area contributed by atoms with Gasteiger partial charge in [0.15, 0.2) is 0 Å². The van der Waals surface area contributed by atoms with E-state index in [0.29, 0.717) is 0 Å². The average molecular weight is 281 g/mol. The van der Waals surface area contributed by atoms with Gasteiger partial charge in [-0.15, -0.1) is 0 Å². The van der Waals surface area contributed by atoms with E-state index in [1.54, 1.807) is 0 Å². The minimum Gasteiger partial charge on any atom is -0.324 e. The molecule has 0 aromatic heterocycles. The van der Waals surface area contributed by atoms with Gasteiger partial charge in [-0.3, -0.25) is 0 Å². The summed E-state index contributed by atoms with van der Waals surface area (Å²) in [7, 11) is 0. The van der Waals surface area contributed by atoms with E-state index in [2.05, 4.69) is 65.0 Å². The van der Waals surface area contributed by atoms with Crippen LogP contribution < -0.4 is 5.73 Å². The van der Waals surface area contributed by atoms with Gasteiger partial charge in [0.25, 0.3) is 0 Å². The van der Waals surface area contributed by atoms with Crippen LogP contribution in [-0.2, 0) is 6.42 Å². The molecule has 0 amide bonds. The number of aryl methyl sites for hydroxylation is 1. The van der Waals surface area contributed by atoms with E-state index in [-0.39, 0.29) is 6.04 Å². The largest absolute Gasteiger partial charge is 0.324 e. The Hall–Kier alpha value is -1.60. The fraction of sp³-hybridized carbons (Fsp3) is 0.400. The van der Waals surface area contributed by atoms with Crippen molar-refractivity contribution < 1.29 is 0 Å². The van der Waals surface area contributed by atoms with E-state index in [4.69, 9.17) is 5.73 Å². The fourth-order valence-electron chi connectivity index (χ4n) is 3.20. The van der Waals surface area contributed by atoms with Crippen LogP contribution in [0.15, 0.2) is 30.3 Å². The third kappa shape index (κ3) is 3.19. The van der Waals surface area contributed by atoms with Gasteiger partial charge in [0.2, 0.25) is 0 Å². The molecule has 0 radical (unpaired) electrons. The predicted octanol–water partition coefficient (Wildman–Crippen LogP) is 4.86. The second-order valence-electron chi connectivity index (χ2n) is 6.17. The Balaban J connectivity index is 2.25. The van der Waals surface area contributed by atoms with E-state index < -0.39 is 0 Å². The van der Waals surface area contributed by atoms with Crippen LogP contribution >= 0.6 is 0 Å². The van der Waals surface area contributed by atoms with Gasteiger partial charge in [0.05, 0.1) is 0 Å². The van der Waals surface area contributed by atoms with E-state index in [1.807, 2.05) is 0 Å². The highest BCUT2D eigenvalue weighted by Crippen LogP contribution is 2.31. The van der Waals surface area contributed by atoms with Crippen LogP contribution in [0.5, 0.6) is 0 Å². The molecule has 1 nitrogen and oxygen atoms in total. The summed E-state index contributed by atoms with van der Waals surface area (Å²) < 4.78 is 0. The smallest absolute Gasteiger partial charge is 0.0303 e. The normalized spacial score (nSPS) is 12.5. The molecule has 0 aliphatic rings. The molecule has 0 saturated heterocycles. The van der Waals surface area contributed by atoms with Crippen molar-refractivity contribution in [2.24, 2.45) is 5.73 Å². The third-order valence-electron chi connectivity index (χ3n) is 5.02. The number of nitrogens with two attached hydrogens (primary N) is 1. The molecule has 1 heteroatoms. The van der Waals surface area contributed by atoms with Gasteiger partial charge in [0.1, 0.15) is 0 Å². The van der Waals surface area contributed by atoms with Crippen LogP contribution in [0.25, 0.3) is 0 Å². The molecule has 0 aliphatic heterocycles. The highest BCUT2D eigenvalue weighted by Gasteiger charge is 2.17. The van der Waals surface area contributed by atoms with Crippen molar-refractivity contribution in [2.75, 3.05) is 0 Å². The van der Waals surface area contributed by atoms with E-state index in [1.165, 1.54) is 38.9 Å². The number of rotatable bonds is 4. The van der Waals surface area contributed by atoms with Gasteiger partial charge < -0.3 is 5.73 Å². The van der Waals surface area contributed by atoms with E-state index in [9.17, 15) is 0 Å². The van der Waals surface area contributed by atoms with Gasteiger partial charge in [-0.05, 0) is 86.4 Å². The van der Waals surface area contributed by atoms with Crippen molar-refractivity contribution in [2.45, 2.75) is 53.5 Å². The van der Waals surface area contributed by atoms with E-state index in [0.717, 1.165) is 12.8 Å². The zero-order valence-electron chi connectivity index (χ0n) is 14.0. The van der Waals surface area contributed by atoms with Gasteiger partial charge in [-0.1, -0.05) is 30.3 Å². The molecule has 2 aromatic carbocycles. The lowest BCUT2D eigenvalue weighted by molar-refractivity contribution is 0.642. The molecule has 0 spiro atoms. The maximum Gasteiger partial charge on any atom is 0.0303 e. The monoisotopic (exact) mass is 281 g/mol. The molecule has 0 fully saturated rings. The molecular formula is C20H27N. The third-order valence-corrected chi connectivity index (χ3v) is 5.02. The molecule has 2 N–H and O–H groups in total. The van der Waals surface area contributed by atoms with Gasteiger partial charge in [0, 0.05) is 6.04 Å². The van der Waals surface area contributed by atoms with Crippen LogP contribution in [0.4, 0.5) is 0 Å². The van der Waals surface area contributed by atoms with E-state index >= 15 is 0 Å². The first-order valence-corrected chi connectivity index (χ1v) is 7.79. The first-order valence-electron chi connectivity index (χ1n) is 7.79. The molecular weight excluding hydrogens is 254 g/mol. The van der Waals surface area contributed by atoms with Crippen LogP contribution in [-0.4, -0.2) is 0 Å². The first kappa shape index (κ1) is 15.8. The zero-order valence-corrected chi connectivity index (χ0v) is 14.0. The lowest BCUT2D eigenvalue weighted by atomic mass is 9.85. The summed E-state index contributed by atoms with van der Waals surface area (Å²) in [4.78, 5) is 0. The quantitative estimate of drug-likeness (QED) is 0.850. The Bertz CT molecular complexity index is 597. The molecule has 0 heterocycles.